The first-order chi connectivity index (χ1) is 23.0. The normalized spacial score (nSPS) is 26.8. The lowest BCUT2D eigenvalue weighted by Gasteiger charge is -2.47. The van der Waals surface area contributed by atoms with Gasteiger partial charge in [-0.3, -0.25) is 24.4 Å². The maximum Gasteiger partial charge on any atom is 0.256 e. The van der Waals surface area contributed by atoms with E-state index in [4.69, 9.17) is 11.6 Å². The van der Waals surface area contributed by atoms with E-state index in [1.807, 2.05) is 23.3 Å². The molecule has 1 unspecified atom stereocenters. The number of benzene rings is 1. The average Bonchev–Trinajstić information content (AvgIpc) is 3.82. The van der Waals surface area contributed by atoms with Crippen LogP contribution in [-0.2, 0) is 11.2 Å². The molecule has 3 aromatic rings. The molecule has 3 aliphatic heterocycles. The molecule has 7 rings (SSSR count). The molecule has 4 fully saturated rings. The van der Waals surface area contributed by atoms with E-state index in [1.165, 1.54) is 31.4 Å². The highest BCUT2D eigenvalue weighted by Crippen LogP contribution is 2.43. The highest BCUT2D eigenvalue weighted by Gasteiger charge is 2.47. The summed E-state index contributed by atoms with van der Waals surface area (Å²) in [6.07, 6.45) is 11.4. The van der Waals surface area contributed by atoms with Crippen molar-refractivity contribution in [3.8, 4) is 5.69 Å². The fourth-order valence-corrected chi connectivity index (χ4v) is 9.52. The number of nitrogens with zero attached hydrogens (tertiary/aromatic N) is 6. The molecule has 258 valence electrons. The van der Waals surface area contributed by atoms with Gasteiger partial charge in [-0.15, -0.1) is 0 Å². The van der Waals surface area contributed by atoms with E-state index in [0.717, 1.165) is 74.5 Å². The Labute approximate surface area is 289 Å². The van der Waals surface area contributed by atoms with Gasteiger partial charge in [0.2, 0.25) is 5.91 Å². The summed E-state index contributed by atoms with van der Waals surface area (Å²) >= 11 is 6.81. The number of rotatable bonds is 9. The summed E-state index contributed by atoms with van der Waals surface area (Å²) in [5.74, 6) is 2.12. The van der Waals surface area contributed by atoms with Gasteiger partial charge in [0.05, 0.1) is 28.0 Å². The largest absolute Gasteiger partial charge is 0.342 e. The molecule has 0 spiro atoms. The molecule has 1 aliphatic carbocycles. The summed E-state index contributed by atoms with van der Waals surface area (Å²) < 4.78 is 16.5. The van der Waals surface area contributed by atoms with Crippen molar-refractivity contribution in [2.45, 2.75) is 77.9 Å². The zero-order chi connectivity index (χ0) is 33.9. The number of hydrogen-bond donors (Lipinski definition) is 0. The van der Waals surface area contributed by atoms with Gasteiger partial charge in [0, 0.05) is 82.6 Å². The quantitative estimate of drug-likeness (QED) is 0.273. The van der Waals surface area contributed by atoms with Gasteiger partial charge < -0.3 is 14.4 Å². The van der Waals surface area contributed by atoms with E-state index in [2.05, 4.69) is 27.9 Å². The Bertz CT molecular complexity index is 1670. The number of pyridine rings is 1. The van der Waals surface area contributed by atoms with Gasteiger partial charge in [0.1, 0.15) is 5.82 Å². The van der Waals surface area contributed by atoms with Crippen LogP contribution in [0, 0.1) is 29.5 Å². The van der Waals surface area contributed by atoms with Gasteiger partial charge >= 0.3 is 0 Å². The first-order valence-electron chi connectivity index (χ1n) is 18.0. The highest BCUT2D eigenvalue weighted by molar-refractivity contribution is 6.35. The predicted octanol–water partition coefficient (Wildman–Crippen LogP) is 6.13. The second-order valence-corrected chi connectivity index (χ2v) is 15.7. The van der Waals surface area contributed by atoms with Crippen molar-refractivity contribution in [2.24, 2.45) is 23.7 Å². The summed E-state index contributed by atoms with van der Waals surface area (Å²) in [6.45, 7) is 14.3. The number of halogens is 2. The number of fused-ring (bicyclic) bond motifs is 2. The zero-order valence-corrected chi connectivity index (χ0v) is 29.8. The number of likely N-dealkylation sites (tertiary alicyclic amines) is 3. The molecule has 3 saturated heterocycles. The molecule has 0 radical (unpaired) electrons. The Kier molecular flexibility index (Phi) is 9.32. The van der Waals surface area contributed by atoms with Gasteiger partial charge in [0.15, 0.2) is 0 Å². The van der Waals surface area contributed by atoms with E-state index < -0.39 is 5.82 Å². The second kappa shape index (κ2) is 13.4. The summed E-state index contributed by atoms with van der Waals surface area (Å²) in [6, 6.07) is 5.72. The Hall–Kier alpha value is -3.01. The minimum atomic E-state index is -0.439. The van der Waals surface area contributed by atoms with Crippen LogP contribution in [0.2, 0.25) is 5.02 Å². The molecule has 0 N–H and O–H groups in total. The monoisotopic (exact) mass is 676 g/mol. The van der Waals surface area contributed by atoms with Crippen molar-refractivity contribution in [3.63, 3.8) is 0 Å². The van der Waals surface area contributed by atoms with E-state index in [-0.39, 0.29) is 17.9 Å². The van der Waals surface area contributed by atoms with E-state index in [0.29, 0.717) is 46.1 Å². The Morgan fingerprint density at radius 1 is 1.08 bits per heavy atom. The molecule has 2 amide bonds. The topological polar surface area (TPSA) is 64.9 Å². The van der Waals surface area contributed by atoms with Crippen LogP contribution in [0.5, 0.6) is 0 Å². The number of carbonyl (C=O) groups is 2. The summed E-state index contributed by atoms with van der Waals surface area (Å²) in [7, 11) is 1.75. The molecule has 1 aromatic carbocycles. The molecular formula is C38H50ClFN6O2. The van der Waals surface area contributed by atoms with Crippen molar-refractivity contribution < 1.29 is 14.0 Å². The molecule has 8 nitrogen and oxygen atoms in total. The summed E-state index contributed by atoms with van der Waals surface area (Å²) in [5.41, 5.74) is 2.92. The van der Waals surface area contributed by atoms with Gasteiger partial charge in [-0.05, 0) is 99.9 Å². The minimum absolute atomic E-state index is 0.0233. The van der Waals surface area contributed by atoms with Crippen molar-refractivity contribution in [1.82, 2.24) is 29.2 Å². The van der Waals surface area contributed by atoms with E-state index >= 15 is 0 Å². The molecule has 1 saturated carbocycles. The third kappa shape index (κ3) is 6.15. The maximum atomic E-state index is 14.5. The molecule has 4 aliphatic rings. The average molecular weight is 677 g/mol. The summed E-state index contributed by atoms with van der Waals surface area (Å²) in [4.78, 5) is 38.9. The lowest BCUT2D eigenvalue weighted by atomic mass is 9.73. The number of hydrogen-bond acceptors (Lipinski definition) is 5. The number of aromatic nitrogens is 2. The van der Waals surface area contributed by atoms with Crippen LogP contribution in [0.15, 0.2) is 36.8 Å². The number of carbonyl (C=O) groups excluding carboxylic acids is 2. The van der Waals surface area contributed by atoms with Crippen LogP contribution < -0.4 is 0 Å². The maximum absolute atomic E-state index is 14.5. The fraction of sp³-hybridized carbons (Fsp3) is 0.605. The standard InChI is InChI=1S/C38H50ClFN6O2/c1-6-34(26-12-31(13-26)45-20-28-18-44(24(4)47)19-29(28)21-45)43-10-9-25(17-43)11-27-22-46(36-16-41-15-33(39)37(27)36)35-8-7-30(40)14-32(35)38(48)42(5)23(2)3/h7-8,14-16,22-23,25-26,28-29,31,34H,6,9-13,17-21H2,1-5H3/t25-,26?,28-,29?,31?,34+/m1/s1. The van der Waals surface area contributed by atoms with Gasteiger partial charge in [-0.25, -0.2) is 4.39 Å². The van der Waals surface area contributed by atoms with Gasteiger partial charge in [-0.2, -0.15) is 0 Å². The molecule has 10 heteroatoms. The molecule has 4 atom stereocenters. The predicted molar refractivity (Wildman–Crippen MR) is 188 cm³/mol. The first kappa shape index (κ1) is 33.5. The van der Waals surface area contributed by atoms with Crippen LogP contribution in [0.1, 0.15) is 69.3 Å². The smallest absolute Gasteiger partial charge is 0.256 e. The summed E-state index contributed by atoms with van der Waals surface area (Å²) in [5, 5.41) is 1.55. The SMILES string of the molecule is CC[C@@H](C1CC(N2CC3CN(C(C)=O)C[C@@H]3C2)C1)N1CC[C@H](Cc2cn(-c3ccc(F)cc3C(=O)N(C)C(C)C)c3cncc(Cl)c23)C1. The van der Waals surface area contributed by atoms with Crippen LogP contribution >= 0.6 is 11.6 Å². The minimum Gasteiger partial charge on any atom is -0.342 e. The molecular weight excluding hydrogens is 627 g/mol. The van der Waals surface area contributed by atoms with Crippen LogP contribution in [0.3, 0.4) is 0 Å². The third-order valence-corrected chi connectivity index (χ3v) is 12.5. The lowest BCUT2D eigenvalue weighted by Crippen LogP contribution is -2.52. The number of amides is 2. The van der Waals surface area contributed by atoms with Crippen molar-refractivity contribution >= 4 is 34.3 Å². The van der Waals surface area contributed by atoms with Crippen molar-refractivity contribution in [2.75, 3.05) is 46.3 Å². The lowest BCUT2D eigenvalue weighted by molar-refractivity contribution is -0.128. The van der Waals surface area contributed by atoms with Crippen LogP contribution in [-0.4, -0.2) is 105 Å². The molecule has 2 aromatic heterocycles. The van der Waals surface area contributed by atoms with Crippen molar-refractivity contribution in [1.29, 1.82) is 0 Å². The molecule has 48 heavy (non-hydrogen) atoms. The van der Waals surface area contributed by atoms with Crippen LogP contribution in [0.4, 0.5) is 4.39 Å². The van der Waals surface area contributed by atoms with Crippen LogP contribution in [0.25, 0.3) is 16.6 Å². The Morgan fingerprint density at radius 3 is 2.48 bits per heavy atom. The zero-order valence-electron chi connectivity index (χ0n) is 29.0. The Balaban J connectivity index is 1.04. The second-order valence-electron chi connectivity index (χ2n) is 15.3. The Morgan fingerprint density at radius 2 is 1.81 bits per heavy atom. The first-order valence-corrected chi connectivity index (χ1v) is 18.3. The van der Waals surface area contributed by atoms with Crippen molar-refractivity contribution in [3.05, 3.63) is 58.8 Å². The molecule has 5 heterocycles. The van der Waals surface area contributed by atoms with E-state index in [9.17, 15) is 14.0 Å². The fourth-order valence-electron chi connectivity index (χ4n) is 9.24. The van der Waals surface area contributed by atoms with Gasteiger partial charge in [-0.1, -0.05) is 18.5 Å². The third-order valence-electron chi connectivity index (χ3n) is 12.2. The highest BCUT2D eigenvalue weighted by atomic mass is 35.5. The van der Waals surface area contributed by atoms with E-state index in [1.54, 1.807) is 37.3 Å². The van der Waals surface area contributed by atoms with Gasteiger partial charge in [0.25, 0.3) is 5.91 Å². The molecule has 0 bridgehead atoms.